The quantitative estimate of drug-likeness (QED) is 0.136. The monoisotopic (exact) mass is 876 g/mol. The van der Waals surface area contributed by atoms with Gasteiger partial charge in [0.1, 0.15) is 11.3 Å². The number of pyridine rings is 2. The Morgan fingerprint density at radius 1 is 0.309 bits per heavy atom. The fourth-order valence-corrected chi connectivity index (χ4v) is 9.09. The lowest BCUT2D eigenvalue weighted by molar-refractivity contribution is 1.19. The summed E-state index contributed by atoms with van der Waals surface area (Å²) >= 11 is 0. The molecule has 5 aromatic heterocycles. The van der Waals surface area contributed by atoms with Crippen molar-refractivity contribution in [3.63, 3.8) is 0 Å². The summed E-state index contributed by atoms with van der Waals surface area (Å²) in [6.07, 6.45) is 8.20. The lowest BCUT2D eigenvalue weighted by atomic mass is 10.0. The van der Waals surface area contributed by atoms with Crippen molar-refractivity contribution in [3.05, 3.63) is 242 Å². The average Bonchev–Trinajstić information content (AvgIpc) is 4.05. The Labute approximate surface area is 394 Å². The van der Waals surface area contributed by atoms with Crippen LogP contribution in [0.4, 0.5) is 34.1 Å². The number of fused-ring (bicyclic) bond motifs is 3. The number of aromatic nitrogens is 6. The summed E-state index contributed by atoms with van der Waals surface area (Å²) in [5.41, 5.74) is 19.7. The van der Waals surface area contributed by atoms with Crippen molar-refractivity contribution in [2.75, 3.05) is 9.80 Å². The normalized spacial score (nSPS) is 11.4. The van der Waals surface area contributed by atoms with Crippen LogP contribution < -0.4 is 9.80 Å². The van der Waals surface area contributed by atoms with E-state index in [1.807, 2.05) is 48.8 Å². The zero-order valence-electron chi connectivity index (χ0n) is 37.5. The highest BCUT2D eigenvalue weighted by Gasteiger charge is 2.20. The van der Waals surface area contributed by atoms with Crippen LogP contribution in [-0.4, -0.2) is 28.7 Å². The summed E-state index contributed by atoms with van der Waals surface area (Å²) in [6, 6.07) is 72.0. The smallest absolute Gasteiger partial charge is 0.137 e. The number of nitrogens with zero attached hydrogens (tertiary/aromatic N) is 8. The molecule has 0 saturated heterocycles. The number of para-hydroxylation sites is 2. The van der Waals surface area contributed by atoms with E-state index in [9.17, 15) is 0 Å². The lowest BCUT2D eigenvalue weighted by Crippen LogP contribution is -2.10. The van der Waals surface area contributed by atoms with E-state index in [1.54, 1.807) is 0 Å². The molecule has 12 aromatic rings. The SMILES string of the molecule is Cc1ccc(C)c2nc(-c3ccc(N(c4ccccc4)c4ccc(-c5cn6ccccc6n5)cc4)cc3)c(-c3ccc(N(c4ccccc4)c4ccc(-c5cn6ccccc6n5)cc4)cc3)nc12. The van der Waals surface area contributed by atoms with Gasteiger partial charge >= 0.3 is 0 Å². The van der Waals surface area contributed by atoms with Gasteiger partial charge in [-0.2, -0.15) is 0 Å². The van der Waals surface area contributed by atoms with Crippen LogP contribution in [0.25, 0.3) is 67.4 Å². The summed E-state index contributed by atoms with van der Waals surface area (Å²) < 4.78 is 4.10. The Morgan fingerprint density at radius 2 is 0.632 bits per heavy atom. The molecular formula is C60H44N8. The minimum Gasteiger partial charge on any atom is -0.311 e. The maximum absolute atomic E-state index is 5.43. The molecule has 324 valence electrons. The molecule has 0 atom stereocenters. The molecule has 7 aromatic carbocycles. The van der Waals surface area contributed by atoms with Crippen molar-refractivity contribution in [2.45, 2.75) is 13.8 Å². The van der Waals surface area contributed by atoms with E-state index in [2.05, 4.69) is 215 Å². The van der Waals surface area contributed by atoms with Gasteiger partial charge in [0, 0.05) is 81.2 Å². The number of imidazole rings is 2. The van der Waals surface area contributed by atoms with Crippen LogP contribution in [0, 0.1) is 13.8 Å². The minimum atomic E-state index is 0.830. The van der Waals surface area contributed by atoms with E-state index < -0.39 is 0 Å². The molecule has 0 saturated carbocycles. The number of rotatable bonds is 10. The Kier molecular flexibility index (Phi) is 10.1. The van der Waals surface area contributed by atoms with Crippen LogP contribution in [0.5, 0.6) is 0 Å². The maximum Gasteiger partial charge on any atom is 0.137 e. The third-order valence-electron chi connectivity index (χ3n) is 12.6. The van der Waals surface area contributed by atoms with Crippen molar-refractivity contribution in [3.8, 4) is 45.0 Å². The number of anilines is 6. The zero-order chi connectivity index (χ0) is 45.6. The van der Waals surface area contributed by atoms with Gasteiger partial charge in [-0.1, -0.05) is 109 Å². The zero-order valence-corrected chi connectivity index (χ0v) is 37.5. The highest BCUT2D eigenvalue weighted by Crippen LogP contribution is 2.41. The van der Waals surface area contributed by atoms with Crippen LogP contribution in [0.3, 0.4) is 0 Å². The molecular weight excluding hydrogens is 833 g/mol. The third-order valence-corrected chi connectivity index (χ3v) is 12.6. The van der Waals surface area contributed by atoms with Gasteiger partial charge in [0.05, 0.1) is 33.8 Å². The standard InChI is InChI=1S/C60H44N8/c1-41-19-20-42(2)58-57(41)63-59(45-25-33-51(34-26-45)67(47-13-5-3-6-14-47)49-29-21-43(22-30-49)53-39-65-37-11-9-17-55(65)61-53)60(64-58)46-27-35-52(36-28-46)68(48-15-7-4-8-16-48)50-31-23-44(24-32-50)54-40-66-38-12-10-18-56(66)62-54/h3-40H,1-2H3. The second-order valence-electron chi connectivity index (χ2n) is 17.0. The Bertz CT molecular complexity index is 3420. The second-order valence-corrected chi connectivity index (χ2v) is 17.0. The Balaban J connectivity index is 0.903. The van der Waals surface area contributed by atoms with E-state index in [0.717, 1.165) is 113 Å². The number of hydrogen-bond donors (Lipinski definition) is 0. The summed E-state index contributed by atoms with van der Waals surface area (Å²) in [7, 11) is 0. The molecule has 12 rings (SSSR count). The van der Waals surface area contributed by atoms with E-state index >= 15 is 0 Å². The Hall–Kier alpha value is -9.14. The molecule has 0 aliphatic heterocycles. The molecule has 0 aliphatic rings. The average molecular weight is 877 g/mol. The first kappa shape index (κ1) is 40.4. The predicted molar refractivity (Wildman–Crippen MR) is 278 cm³/mol. The van der Waals surface area contributed by atoms with Crippen molar-refractivity contribution in [2.24, 2.45) is 0 Å². The number of benzene rings is 7. The van der Waals surface area contributed by atoms with Gasteiger partial charge < -0.3 is 18.6 Å². The summed E-state index contributed by atoms with van der Waals surface area (Å²) in [5.74, 6) is 0. The summed E-state index contributed by atoms with van der Waals surface area (Å²) in [4.78, 5) is 25.1. The fraction of sp³-hybridized carbons (Fsp3) is 0.0333. The van der Waals surface area contributed by atoms with Crippen molar-refractivity contribution in [1.82, 2.24) is 28.7 Å². The lowest BCUT2D eigenvalue weighted by Gasteiger charge is -2.26. The molecule has 5 heterocycles. The number of hydrogen-bond acceptors (Lipinski definition) is 6. The van der Waals surface area contributed by atoms with Crippen molar-refractivity contribution in [1.29, 1.82) is 0 Å². The minimum absolute atomic E-state index is 0.830. The van der Waals surface area contributed by atoms with Gasteiger partial charge in [0.15, 0.2) is 0 Å². The van der Waals surface area contributed by atoms with Crippen LogP contribution in [0.2, 0.25) is 0 Å². The molecule has 0 unspecified atom stereocenters. The molecule has 8 nitrogen and oxygen atoms in total. The van der Waals surface area contributed by atoms with Gasteiger partial charge in [-0.3, -0.25) is 0 Å². The molecule has 0 bridgehead atoms. The second kappa shape index (κ2) is 17.0. The largest absolute Gasteiger partial charge is 0.311 e. The van der Waals surface area contributed by atoms with E-state index in [4.69, 9.17) is 19.9 Å². The van der Waals surface area contributed by atoms with Crippen LogP contribution in [0.1, 0.15) is 11.1 Å². The van der Waals surface area contributed by atoms with Crippen LogP contribution >= 0.6 is 0 Å². The predicted octanol–water partition coefficient (Wildman–Crippen LogP) is 15.1. The van der Waals surface area contributed by atoms with Gasteiger partial charge in [-0.05, 0) is 122 Å². The van der Waals surface area contributed by atoms with Gasteiger partial charge in [0.2, 0.25) is 0 Å². The van der Waals surface area contributed by atoms with E-state index in [0.29, 0.717) is 0 Å². The molecule has 0 fully saturated rings. The van der Waals surface area contributed by atoms with Crippen LogP contribution in [-0.2, 0) is 0 Å². The summed E-state index contributed by atoms with van der Waals surface area (Å²) in [6.45, 7) is 4.22. The van der Waals surface area contributed by atoms with E-state index in [1.165, 1.54) is 0 Å². The fourth-order valence-electron chi connectivity index (χ4n) is 9.09. The van der Waals surface area contributed by atoms with Gasteiger partial charge in [-0.25, -0.2) is 19.9 Å². The maximum atomic E-state index is 5.43. The van der Waals surface area contributed by atoms with Gasteiger partial charge in [-0.15, -0.1) is 0 Å². The summed E-state index contributed by atoms with van der Waals surface area (Å²) in [5, 5.41) is 0. The van der Waals surface area contributed by atoms with Crippen molar-refractivity contribution >= 4 is 56.5 Å². The third kappa shape index (κ3) is 7.49. The topological polar surface area (TPSA) is 66.9 Å². The molecule has 0 aliphatic carbocycles. The number of aryl methyl sites for hydroxylation is 2. The van der Waals surface area contributed by atoms with Crippen molar-refractivity contribution < 1.29 is 0 Å². The molecule has 68 heavy (non-hydrogen) atoms. The molecule has 0 radical (unpaired) electrons. The Morgan fingerprint density at radius 3 is 0.985 bits per heavy atom. The first-order valence-electron chi connectivity index (χ1n) is 22.8. The highest BCUT2D eigenvalue weighted by atomic mass is 15.1. The first-order valence-corrected chi connectivity index (χ1v) is 22.8. The molecule has 0 amide bonds. The molecule has 8 heteroatoms. The van der Waals surface area contributed by atoms with E-state index in [-0.39, 0.29) is 0 Å². The van der Waals surface area contributed by atoms with Crippen LogP contribution in [0.15, 0.2) is 231 Å². The molecule has 0 N–H and O–H groups in total. The first-order chi connectivity index (χ1) is 33.5. The van der Waals surface area contributed by atoms with Gasteiger partial charge in [0.25, 0.3) is 0 Å². The highest BCUT2D eigenvalue weighted by molar-refractivity contribution is 5.91. The molecule has 0 spiro atoms.